The molecule has 3 heterocycles. The summed E-state index contributed by atoms with van der Waals surface area (Å²) < 4.78 is 18.9. The van der Waals surface area contributed by atoms with Gasteiger partial charge in [-0.1, -0.05) is 18.2 Å². The van der Waals surface area contributed by atoms with Crippen molar-refractivity contribution in [2.45, 2.75) is 18.9 Å². The third-order valence-corrected chi connectivity index (χ3v) is 5.70. The van der Waals surface area contributed by atoms with Gasteiger partial charge >= 0.3 is 0 Å². The number of benzene rings is 2. The van der Waals surface area contributed by atoms with Crippen molar-refractivity contribution >= 4 is 23.5 Å². The van der Waals surface area contributed by atoms with Crippen LogP contribution in [0.5, 0.6) is 11.5 Å². The number of fused-ring (bicyclic) bond motifs is 1. The normalized spacial score (nSPS) is 17.3. The Morgan fingerprint density at radius 2 is 1.97 bits per heavy atom. The first-order valence-corrected chi connectivity index (χ1v) is 11.4. The Morgan fingerprint density at radius 3 is 2.79 bits per heavy atom. The van der Waals surface area contributed by atoms with Gasteiger partial charge in [-0.2, -0.15) is 10.2 Å². The lowest BCUT2D eigenvalue weighted by Gasteiger charge is -2.18. The first-order chi connectivity index (χ1) is 16.3. The zero-order chi connectivity index (χ0) is 22.5. The number of hydrazone groups is 1. The maximum absolute atomic E-state index is 5.76. The van der Waals surface area contributed by atoms with Crippen LogP contribution in [-0.4, -0.2) is 53.6 Å². The third kappa shape index (κ3) is 5.15. The van der Waals surface area contributed by atoms with Crippen LogP contribution in [0, 0.1) is 0 Å². The van der Waals surface area contributed by atoms with E-state index >= 15 is 0 Å². The molecule has 0 amide bonds. The smallest absolute Gasteiger partial charge is 0.187 e. The van der Waals surface area contributed by atoms with Crippen LogP contribution >= 0.6 is 12.2 Å². The van der Waals surface area contributed by atoms with Crippen molar-refractivity contribution in [1.29, 1.82) is 0 Å². The Morgan fingerprint density at radius 1 is 1.12 bits per heavy atom. The molecule has 170 valence electrons. The summed E-state index contributed by atoms with van der Waals surface area (Å²) in [6.07, 6.45) is 6.02. The fourth-order valence-electron chi connectivity index (χ4n) is 3.82. The Kier molecular flexibility index (Phi) is 6.50. The predicted molar refractivity (Wildman–Crippen MR) is 130 cm³/mol. The van der Waals surface area contributed by atoms with Crippen LogP contribution in [-0.2, 0) is 4.74 Å². The topological polar surface area (TPSA) is 81.9 Å². The van der Waals surface area contributed by atoms with Gasteiger partial charge in [-0.25, -0.2) is 4.68 Å². The van der Waals surface area contributed by atoms with Gasteiger partial charge in [0.2, 0.25) is 0 Å². The quantitative estimate of drug-likeness (QED) is 0.330. The molecule has 2 aliphatic heterocycles. The summed E-state index contributed by atoms with van der Waals surface area (Å²) >= 11 is 5.34. The van der Waals surface area contributed by atoms with E-state index in [2.05, 4.69) is 15.8 Å². The Bertz CT molecular complexity index is 1140. The molecule has 1 aromatic heterocycles. The number of hydrogen-bond acceptors (Lipinski definition) is 6. The van der Waals surface area contributed by atoms with Crippen molar-refractivity contribution in [1.82, 2.24) is 20.5 Å². The molecule has 0 saturated carbocycles. The van der Waals surface area contributed by atoms with E-state index in [4.69, 9.17) is 31.5 Å². The summed E-state index contributed by atoms with van der Waals surface area (Å²) in [5.41, 5.74) is 6.37. The van der Waals surface area contributed by atoms with Crippen LogP contribution in [0.2, 0.25) is 0 Å². The largest absolute Gasteiger partial charge is 0.486 e. The maximum atomic E-state index is 5.76. The van der Waals surface area contributed by atoms with Gasteiger partial charge in [0.25, 0.3) is 0 Å². The van der Waals surface area contributed by atoms with E-state index in [1.807, 2.05) is 59.4 Å². The molecule has 0 radical (unpaired) electrons. The van der Waals surface area contributed by atoms with E-state index in [1.165, 1.54) is 0 Å². The molecule has 2 aromatic carbocycles. The summed E-state index contributed by atoms with van der Waals surface area (Å²) in [5.74, 6) is 1.46. The fraction of sp³-hybridized carbons (Fsp3) is 0.292. The van der Waals surface area contributed by atoms with E-state index in [-0.39, 0.29) is 6.10 Å². The van der Waals surface area contributed by atoms with Gasteiger partial charge in [-0.15, -0.1) is 0 Å². The zero-order valence-corrected chi connectivity index (χ0v) is 18.9. The minimum atomic E-state index is 0.208. The second-order valence-electron chi connectivity index (χ2n) is 7.79. The molecule has 1 fully saturated rings. The lowest BCUT2D eigenvalue weighted by molar-refractivity contribution is 0.114. The highest BCUT2D eigenvalue weighted by molar-refractivity contribution is 7.80. The molecule has 1 atom stereocenters. The highest BCUT2D eigenvalue weighted by Crippen LogP contribution is 2.35. The average Bonchev–Trinajstić information content (AvgIpc) is 3.53. The van der Waals surface area contributed by atoms with Crippen LogP contribution in [0.1, 0.15) is 18.4 Å². The molecule has 1 saturated heterocycles. The fourth-order valence-corrected chi connectivity index (χ4v) is 3.96. The van der Waals surface area contributed by atoms with Crippen molar-refractivity contribution in [3.8, 4) is 28.4 Å². The predicted octanol–water partition coefficient (Wildman–Crippen LogP) is 3.29. The van der Waals surface area contributed by atoms with Crippen LogP contribution in [0.4, 0.5) is 0 Å². The standard InChI is InChI=1S/C24H25N5O3S/c33-24(25-15-20-7-4-10-30-20)27-26-14-18-16-29(19-5-2-1-3-6-19)28-23(18)17-8-9-21-22(13-17)32-12-11-31-21/h1-3,5-6,8-9,13-14,16,20H,4,7,10-12,15H2,(H2,25,27,33)/b26-14-/t20-/m1/s1. The van der Waals surface area contributed by atoms with Gasteiger partial charge in [-0.3, -0.25) is 5.43 Å². The first-order valence-electron chi connectivity index (χ1n) is 11.0. The molecule has 3 aromatic rings. The number of thiocarbonyl (C=S) groups is 1. The van der Waals surface area contributed by atoms with Gasteiger partial charge in [0, 0.05) is 30.5 Å². The Balaban J connectivity index is 1.36. The number of nitrogens with zero attached hydrogens (tertiary/aromatic N) is 3. The minimum Gasteiger partial charge on any atom is -0.486 e. The molecule has 2 N–H and O–H groups in total. The monoisotopic (exact) mass is 463 g/mol. The first kappa shape index (κ1) is 21.4. The highest BCUT2D eigenvalue weighted by atomic mass is 32.1. The molecule has 0 aliphatic carbocycles. The maximum Gasteiger partial charge on any atom is 0.187 e. The Labute approximate surface area is 197 Å². The number of para-hydroxylation sites is 1. The van der Waals surface area contributed by atoms with Crippen molar-refractivity contribution in [3.05, 3.63) is 60.3 Å². The molecule has 33 heavy (non-hydrogen) atoms. The Hall–Kier alpha value is -3.43. The lowest BCUT2D eigenvalue weighted by Crippen LogP contribution is -2.37. The zero-order valence-electron chi connectivity index (χ0n) is 18.1. The number of rotatable bonds is 6. The van der Waals surface area contributed by atoms with Gasteiger partial charge in [-0.05, 0) is 55.4 Å². The molecule has 5 rings (SSSR count). The number of nitrogens with one attached hydrogen (secondary N) is 2. The van der Waals surface area contributed by atoms with E-state index < -0.39 is 0 Å². The van der Waals surface area contributed by atoms with Crippen LogP contribution in [0.15, 0.2) is 59.8 Å². The van der Waals surface area contributed by atoms with Gasteiger partial charge in [0.05, 0.1) is 18.0 Å². The van der Waals surface area contributed by atoms with Crippen molar-refractivity contribution < 1.29 is 14.2 Å². The molecule has 2 aliphatic rings. The van der Waals surface area contributed by atoms with E-state index in [0.29, 0.717) is 30.6 Å². The van der Waals surface area contributed by atoms with Crippen molar-refractivity contribution in [3.63, 3.8) is 0 Å². The number of ether oxygens (including phenoxy) is 3. The second-order valence-corrected chi connectivity index (χ2v) is 8.19. The van der Waals surface area contributed by atoms with E-state index in [0.717, 1.165) is 47.7 Å². The van der Waals surface area contributed by atoms with Gasteiger partial charge < -0.3 is 19.5 Å². The molecule has 0 unspecified atom stereocenters. The average molecular weight is 464 g/mol. The highest BCUT2D eigenvalue weighted by Gasteiger charge is 2.17. The van der Waals surface area contributed by atoms with E-state index in [9.17, 15) is 0 Å². The minimum absolute atomic E-state index is 0.208. The van der Waals surface area contributed by atoms with Crippen LogP contribution in [0.3, 0.4) is 0 Å². The van der Waals surface area contributed by atoms with E-state index in [1.54, 1.807) is 6.21 Å². The molecule has 0 spiro atoms. The van der Waals surface area contributed by atoms with Crippen molar-refractivity contribution in [2.75, 3.05) is 26.4 Å². The second kappa shape index (κ2) is 10.0. The summed E-state index contributed by atoms with van der Waals surface area (Å²) in [6, 6.07) is 15.8. The molecular formula is C24H25N5O3S. The SMILES string of the molecule is S=C(NC[C@H]1CCCO1)N/N=C\c1cn(-c2ccccc2)nc1-c1ccc2c(c1)OCCO2. The number of hydrogen-bond donors (Lipinski definition) is 2. The molecule has 8 nitrogen and oxygen atoms in total. The molecular weight excluding hydrogens is 438 g/mol. The number of aromatic nitrogens is 2. The summed E-state index contributed by atoms with van der Waals surface area (Å²) in [6.45, 7) is 2.58. The molecule has 9 heteroatoms. The van der Waals surface area contributed by atoms with Gasteiger partial charge in [0.1, 0.15) is 18.9 Å². The molecule has 0 bridgehead atoms. The lowest BCUT2D eigenvalue weighted by atomic mass is 10.1. The third-order valence-electron chi connectivity index (χ3n) is 5.46. The van der Waals surface area contributed by atoms with Crippen LogP contribution < -0.4 is 20.2 Å². The summed E-state index contributed by atoms with van der Waals surface area (Å²) in [4.78, 5) is 0. The summed E-state index contributed by atoms with van der Waals surface area (Å²) in [7, 11) is 0. The van der Waals surface area contributed by atoms with Gasteiger partial charge in [0.15, 0.2) is 16.6 Å². The van der Waals surface area contributed by atoms with Crippen LogP contribution in [0.25, 0.3) is 16.9 Å². The van der Waals surface area contributed by atoms with Crippen molar-refractivity contribution in [2.24, 2.45) is 5.10 Å². The summed E-state index contributed by atoms with van der Waals surface area (Å²) in [5, 5.41) is 12.8.